The van der Waals surface area contributed by atoms with Gasteiger partial charge in [-0.15, -0.1) is 0 Å². The van der Waals surface area contributed by atoms with Crippen molar-refractivity contribution in [2.75, 3.05) is 0 Å². The molecular formula is C15H14Cl2O. The molecule has 0 bridgehead atoms. The van der Waals surface area contributed by atoms with Crippen LogP contribution in [0.1, 0.15) is 23.6 Å². The maximum absolute atomic E-state index is 10.7. The van der Waals surface area contributed by atoms with E-state index in [1.807, 2.05) is 31.2 Å². The molecule has 0 radical (unpaired) electrons. The molecule has 0 amide bonds. The summed E-state index contributed by atoms with van der Waals surface area (Å²) in [6, 6.07) is 13.0. The van der Waals surface area contributed by atoms with Gasteiger partial charge in [0, 0.05) is 0 Å². The van der Waals surface area contributed by atoms with Gasteiger partial charge >= 0.3 is 0 Å². The second kappa shape index (κ2) is 4.93. The minimum absolute atomic E-state index is 0.446. The normalized spacial score (nSPS) is 14.3. The minimum Gasteiger partial charge on any atom is -0.381 e. The molecule has 2 rings (SSSR count). The molecule has 0 aliphatic carbocycles. The SMILES string of the molecule is Cc1ccc(C(C)(O)c2ccc(Cl)c(Cl)c2)cc1. The van der Waals surface area contributed by atoms with Crippen LogP contribution in [0.2, 0.25) is 10.0 Å². The van der Waals surface area contributed by atoms with Gasteiger partial charge in [-0.05, 0) is 37.1 Å². The molecule has 2 aromatic rings. The van der Waals surface area contributed by atoms with E-state index in [0.29, 0.717) is 10.0 Å². The molecule has 1 atom stereocenters. The monoisotopic (exact) mass is 280 g/mol. The standard InChI is InChI=1S/C15H14Cl2O/c1-10-3-5-11(6-4-10)15(2,18)12-7-8-13(16)14(17)9-12/h3-9,18H,1-2H3. The molecule has 3 heteroatoms. The molecule has 1 nitrogen and oxygen atoms in total. The van der Waals surface area contributed by atoms with E-state index < -0.39 is 5.60 Å². The quantitative estimate of drug-likeness (QED) is 0.855. The molecule has 0 aromatic heterocycles. The lowest BCUT2D eigenvalue weighted by molar-refractivity contribution is 0.102. The molecule has 0 aliphatic rings. The van der Waals surface area contributed by atoms with Crippen LogP contribution in [0.25, 0.3) is 0 Å². The lowest BCUT2D eigenvalue weighted by atomic mass is 9.88. The lowest BCUT2D eigenvalue weighted by Gasteiger charge is -2.25. The number of benzene rings is 2. The molecule has 94 valence electrons. The second-order valence-electron chi connectivity index (χ2n) is 4.57. The van der Waals surface area contributed by atoms with Crippen molar-refractivity contribution in [3.05, 3.63) is 69.2 Å². The molecule has 0 spiro atoms. The number of hydrogen-bond acceptors (Lipinski definition) is 1. The maximum atomic E-state index is 10.7. The Hall–Kier alpha value is -1.02. The molecule has 1 unspecified atom stereocenters. The molecule has 2 aromatic carbocycles. The van der Waals surface area contributed by atoms with Crippen molar-refractivity contribution >= 4 is 23.2 Å². The Morgan fingerprint density at radius 2 is 1.44 bits per heavy atom. The highest BCUT2D eigenvalue weighted by molar-refractivity contribution is 6.42. The van der Waals surface area contributed by atoms with Crippen molar-refractivity contribution in [1.29, 1.82) is 0 Å². The second-order valence-corrected chi connectivity index (χ2v) is 5.38. The molecule has 18 heavy (non-hydrogen) atoms. The maximum Gasteiger partial charge on any atom is 0.112 e. The van der Waals surface area contributed by atoms with E-state index in [4.69, 9.17) is 23.2 Å². The van der Waals surface area contributed by atoms with Gasteiger partial charge in [0.1, 0.15) is 5.60 Å². The topological polar surface area (TPSA) is 20.2 Å². The zero-order valence-corrected chi connectivity index (χ0v) is 11.8. The fraction of sp³-hybridized carbons (Fsp3) is 0.200. The van der Waals surface area contributed by atoms with Crippen LogP contribution in [0.3, 0.4) is 0 Å². The third-order valence-corrected chi connectivity index (χ3v) is 3.83. The van der Waals surface area contributed by atoms with Crippen LogP contribution in [0, 0.1) is 6.92 Å². The van der Waals surface area contributed by atoms with E-state index >= 15 is 0 Å². The van der Waals surface area contributed by atoms with Crippen molar-refractivity contribution in [1.82, 2.24) is 0 Å². The molecule has 0 heterocycles. The largest absolute Gasteiger partial charge is 0.381 e. The first-order valence-electron chi connectivity index (χ1n) is 5.66. The van der Waals surface area contributed by atoms with Crippen LogP contribution in [-0.2, 0) is 5.60 Å². The van der Waals surface area contributed by atoms with Crippen molar-refractivity contribution < 1.29 is 5.11 Å². The van der Waals surface area contributed by atoms with Crippen LogP contribution in [-0.4, -0.2) is 5.11 Å². The Labute approximate surface area is 117 Å². The van der Waals surface area contributed by atoms with Crippen molar-refractivity contribution in [2.24, 2.45) is 0 Å². The predicted octanol–water partition coefficient (Wildman–Crippen LogP) is 4.56. The Balaban J connectivity index is 2.46. The number of rotatable bonds is 2. The Kier molecular flexibility index (Phi) is 3.67. The number of halogens is 2. The molecule has 0 aliphatic heterocycles. The average Bonchev–Trinajstić information content (AvgIpc) is 2.33. The summed E-state index contributed by atoms with van der Waals surface area (Å²) in [5.41, 5.74) is 1.62. The van der Waals surface area contributed by atoms with Crippen molar-refractivity contribution in [2.45, 2.75) is 19.4 Å². The zero-order chi connectivity index (χ0) is 13.3. The van der Waals surface area contributed by atoms with Gasteiger partial charge in [0.05, 0.1) is 10.0 Å². The lowest BCUT2D eigenvalue weighted by Crippen LogP contribution is -2.22. The third kappa shape index (κ3) is 2.54. The molecule has 1 N–H and O–H groups in total. The van der Waals surface area contributed by atoms with Crippen LogP contribution in [0.4, 0.5) is 0 Å². The van der Waals surface area contributed by atoms with Crippen LogP contribution >= 0.6 is 23.2 Å². The highest BCUT2D eigenvalue weighted by Crippen LogP contribution is 2.33. The average molecular weight is 281 g/mol. The van der Waals surface area contributed by atoms with Gasteiger partial charge in [0.2, 0.25) is 0 Å². The van der Waals surface area contributed by atoms with E-state index in [1.54, 1.807) is 25.1 Å². The van der Waals surface area contributed by atoms with Crippen LogP contribution in [0.15, 0.2) is 42.5 Å². The van der Waals surface area contributed by atoms with Gasteiger partial charge in [-0.2, -0.15) is 0 Å². The van der Waals surface area contributed by atoms with Gasteiger partial charge in [0.25, 0.3) is 0 Å². The molecule has 0 saturated carbocycles. The first-order valence-corrected chi connectivity index (χ1v) is 6.42. The van der Waals surface area contributed by atoms with Gasteiger partial charge < -0.3 is 5.11 Å². The first kappa shape index (κ1) is 13.4. The molecular weight excluding hydrogens is 267 g/mol. The summed E-state index contributed by atoms with van der Waals surface area (Å²) >= 11 is 11.9. The van der Waals surface area contributed by atoms with Gasteiger partial charge in [-0.3, -0.25) is 0 Å². The summed E-state index contributed by atoms with van der Waals surface area (Å²) in [6.45, 7) is 3.76. The zero-order valence-electron chi connectivity index (χ0n) is 10.2. The fourth-order valence-corrected chi connectivity index (χ4v) is 2.14. The predicted molar refractivity (Wildman–Crippen MR) is 76.3 cm³/mol. The number of aryl methyl sites for hydroxylation is 1. The Bertz CT molecular complexity index is 559. The van der Waals surface area contributed by atoms with Crippen LogP contribution in [0.5, 0.6) is 0 Å². The Morgan fingerprint density at radius 3 is 2.00 bits per heavy atom. The van der Waals surface area contributed by atoms with E-state index in [1.165, 1.54) is 0 Å². The van der Waals surface area contributed by atoms with E-state index in [-0.39, 0.29) is 0 Å². The highest BCUT2D eigenvalue weighted by Gasteiger charge is 2.25. The summed E-state index contributed by atoms with van der Waals surface area (Å²) in [5.74, 6) is 0. The summed E-state index contributed by atoms with van der Waals surface area (Å²) < 4.78 is 0. The number of hydrogen-bond donors (Lipinski definition) is 1. The third-order valence-electron chi connectivity index (χ3n) is 3.10. The van der Waals surface area contributed by atoms with Gasteiger partial charge in [-0.1, -0.05) is 59.1 Å². The highest BCUT2D eigenvalue weighted by atomic mass is 35.5. The fourth-order valence-electron chi connectivity index (χ4n) is 1.84. The summed E-state index contributed by atoms with van der Waals surface area (Å²) in [4.78, 5) is 0. The van der Waals surface area contributed by atoms with E-state index in [0.717, 1.165) is 16.7 Å². The van der Waals surface area contributed by atoms with Gasteiger partial charge in [0.15, 0.2) is 0 Å². The molecule has 0 fully saturated rings. The number of aliphatic hydroxyl groups is 1. The Morgan fingerprint density at radius 1 is 0.889 bits per heavy atom. The summed E-state index contributed by atoms with van der Waals surface area (Å²) in [6.07, 6.45) is 0. The molecule has 0 saturated heterocycles. The minimum atomic E-state index is -1.08. The van der Waals surface area contributed by atoms with Crippen LogP contribution < -0.4 is 0 Å². The van der Waals surface area contributed by atoms with Crippen molar-refractivity contribution in [3.63, 3.8) is 0 Å². The van der Waals surface area contributed by atoms with E-state index in [2.05, 4.69) is 0 Å². The first-order chi connectivity index (χ1) is 8.41. The van der Waals surface area contributed by atoms with E-state index in [9.17, 15) is 5.11 Å². The summed E-state index contributed by atoms with van der Waals surface area (Å²) in [5, 5.41) is 11.6. The smallest absolute Gasteiger partial charge is 0.112 e. The summed E-state index contributed by atoms with van der Waals surface area (Å²) in [7, 11) is 0. The van der Waals surface area contributed by atoms with Crippen molar-refractivity contribution in [3.8, 4) is 0 Å². The van der Waals surface area contributed by atoms with Gasteiger partial charge in [-0.25, -0.2) is 0 Å².